The molecule has 1 amide bonds. The van der Waals surface area contributed by atoms with Gasteiger partial charge in [0, 0.05) is 12.6 Å². The maximum absolute atomic E-state index is 12.8. The summed E-state index contributed by atoms with van der Waals surface area (Å²) in [6.45, 7) is 6.16. The molecule has 0 aliphatic heterocycles. The molecule has 1 rings (SSSR count). The van der Waals surface area contributed by atoms with E-state index in [2.05, 4.69) is 5.32 Å². The van der Waals surface area contributed by atoms with Crippen molar-refractivity contribution in [2.75, 3.05) is 6.54 Å². The summed E-state index contributed by atoms with van der Waals surface area (Å²) < 4.78 is 38.5. The van der Waals surface area contributed by atoms with Gasteiger partial charge in [0.05, 0.1) is 11.1 Å². The Kier molecular flexibility index (Phi) is 5.39. The summed E-state index contributed by atoms with van der Waals surface area (Å²) in [4.78, 5) is 11.9. The number of nitrogens with two attached hydrogens (primary N) is 1. The van der Waals surface area contributed by atoms with Gasteiger partial charge in [-0.2, -0.15) is 13.2 Å². The zero-order valence-electron chi connectivity index (χ0n) is 12.4. The Labute approximate surface area is 122 Å². The molecule has 3 N–H and O–H groups in total. The van der Waals surface area contributed by atoms with Crippen LogP contribution in [0.4, 0.5) is 13.2 Å². The van der Waals surface area contributed by atoms with Crippen LogP contribution in [0.25, 0.3) is 0 Å². The molecule has 0 aromatic heterocycles. The van der Waals surface area contributed by atoms with Gasteiger partial charge in [0.2, 0.25) is 0 Å². The van der Waals surface area contributed by atoms with Crippen LogP contribution >= 0.6 is 0 Å². The summed E-state index contributed by atoms with van der Waals surface area (Å²) in [7, 11) is 0. The molecule has 0 fully saturated rings. The second-order valence-corrected chi connectivity index (χ2v) is 6.28. The predicted octanol–water partition coefficient (Wildman–Crippen LogP) is 3.20. The Morgan fingerprint density at radius 3 is 2.33 bits per heavy atom. The van der Waals surface area contributed by atoms with Gasteiger partial charge in [-0.3, -0.25) is 4.79 Å². The van der Waals surface area contributed by atoms with E-state index in [9.17, 15) is 18.0 Å². The van der Waals surface area contributed by atoms with E-state index in [1.165, 1.54) is 12.1 Å². The fourth-order valence-electron chi connectivity index (χ4n) is 2.11. The zero-order valence-corrected chi connectivity index (χ0v) is 12.4. The van der Waals surface area contributed by atoms with E-state index in [0.717, 1.165) is 12.1 Å². The summed E-state index contributed by atoms with van der Waals surface area (Å²) in [6.07, 6.45) is -3.89. The SMILES string of the molecule is CC(C)(C)CC(N)CNC(=O)c1ccccc1C(F)(F)F. The zero-order chi connectivity index (χ0) is 16.3. The average molecular weight is 302 g/mol. The molecule has 21 heavy (non-hydrogen) atoms. The Morgan fingerprint density at radius 2 is 1.81 bits per heavy atom. The van der Waals surface area contributed by atoms with Gasteiger partial charge < -0.3 is 11.1 Å². The number of benzene rings is 1. The largest absolute Gasteiger partial charge is 0.417 e. The van der Waals surface area contributed by atoms with Crippen LogP contribution in [0.2, 0.25) is 0 Å². The van der Waals surface area contributed by atoms with Gasteiger partial charge in [-0.15, -0.1) is 0 Å². The van der Waals surface area contributed by atoms with Crippen molar-refractivity contribution < 1.29 is 18.0 Å². The number of hydrogen-bond donors (Lipinski definition) is 2. The highest BCUT2D eigenvalue weighted by atomic mass is 19.4. The number of halogens is 3. The molecule has 3 nitrogen and oxygen atoms in total. The molecule has 118 valence electrons. The molecular formula is C15H21F3N2O. The van der Waals surface area contributed by atoms with E-state index in [-0.39, 0.29) is 23.6 Å². The molecule has 0 spiro atoms. The van der Waals surface area contributed by atoms with E-state index >= 15 is 0 Å². The minimum atomic E-state index is -4.55. The van der Waals surface area contributed by atoms with Gasteiger partial charge in [0.1, 0.15) is 0 Å². The summed E-state index contributed by atoms with van der Waals surface area (Å²) in [5.74, 6) is -0.757. The van der Waals surface area contributed by atoms with Gasteiger partial charge >= 0.3 is 6.18 Å². The van der Waals surface area contributed by atoms with Crippen LogP contribution in [-0.2, 0) is 6.18 Å². The fourth-order valence-corrected chi connectivity index (χ4v) is 2.11. The first-order valence-electron chi connectivity index (χ1n) is 6.71. The van der Waals surface area contributed by atoms with Gasteiger partial charge in [-0.25, -0.2) is 0 Å². The maximum atomic E-state index is 12.8. The van der Waals surface area contributed by atoms with Crippen LogP contribution in [-0.4, -0.2) is 18.5 Å². The number of hydrogen-bond acceptors (Lipinski definition) is 2. The molecule has 0 radical (unpaired) electrons. The summed E-state index contributed by atoms with van der Waals surface area (Å²) in [5, 5.41) is 2.47. The number of carbonyl (C=O) groups is 1. The standard InChI is InChI=1S/C15H21F3N2O/c1-14(2,3)8-10(19)9-20-13(21)11-6-4-5-7-12(11)15(16,17)18/h4-7,10H,8-9,19H2,1-3H3,(H,20,21). The molecule has 6 heteroatoms. The number of amides is 1. The number of nitrogens with one attached hydrogen (secondary N) is 1. The third kappa shape index (κ3) is 5.75. The lowest BCUT2D eigenvalue weighted by molar-refractivity contribution is -0.137. The molecule has 1 atom stereocenters. The van der Waals surface area contributed by atoms with Crippen molar-refractivity contribution in [3.63, 3.8) is 0 Å². The lowest BCUT2D eigenvalue weighted by Crippen LogP contribution is -2.39. The Bertz CT molecular complexity index is 492. The number of alkyl halides is 3. The molecule has 1 unspecified atom stereocenters. The highest BCUT2D eigenvalue weighted by molar-refractivity contribution is 5.95. The fraction of sp³-hybridized carbons (Fsp3) is 0.533. The van der Waals surface area contributed by atoms with E-state index in [1.54, 1.807) is 0 Å². The van der Waals surface area contributed by atoms with E-state index in [0.29, 0.717) is 6.42 Å². The molecule has 0 aliphatic carbocycles. The van der Waals surface area contributed by atoms with Crippen molar-refractivity contribution in [3.8, 4) is 0 Å². The minimum absolute atomic E-state index is 0.00593. The topological polar surface area (TPSA) is 55.1 Å². The summed E-state index contributed by atoms with van der Waals surface area (Å²) >= 11 is 0. The summed E-state index contributed by atoms with van der Waals surface area (Å²) in [5.41, 5.74) is 4.55. The molecule has 0 saturated carbocycles. The molecule has 0 aliphatic rings. The third-order valence-electron chi connectivity index (χ3n) is 2.88. The van der Waals surface area contributed by atoms with Crippen LogP contribution in [0.1, 0.15) is 43.1 Å². The van der Waals surface area contributed by atoms with Crippen LogP contribution in [0, 0.1) is 5.41 Å². The smallest absolute Gasteiger partial charge is 0.350 e. The number of rotatable bonds is 4. The second-order valence-electron chi connectivity index (χ2n) is 6.28. The predicted molar refractivity (Wildman–Crippen MR) is 75.8 cm³/mol. The summed E-state index contributed by atoms with van der Waals surface area (Å²) in [6, 6.07) is 4.41. The van der Waals surface area contributed by atoms with Crippen LogP contribution in [0.5, 0.6) is 0 Å². The number of carbonyl (C=O) groups excluding carboxylic acids is 1. The highest BCUT2D eigenvalue weighted by Gasteiger charge is 2.34. The van der Waals surface area contributed by atoms with Gasteiger partial charge in [-0.05, 0) is 24.0 Å². The van der Waals surface area contributed by atoms with Gasteiger partial charge in [-0.1, -0.05) is 32.9 Å². The first-order valence-corrected chi connectivity index (χ1v) is 6.71. The third-order valence-corrected chi connectivity index (χ3v) is 2.88. The van der Waals surface area contributed by atoms with E-state index in [4.69, 9.17) is 5.73 Å². The molecule has 1 aromatic carbocycles. The molecule has 0 bridgehead atoms. The monoisotopic (exact) mass is 302 g/mol. The normalized spacial score (nSPS) is 13.9. The van der Waals surface area contributed by atoms with Crippen molar-refractivity contribution in [1.82, 2.24) is 5.32 Å². The van der Waals surface area contributed by atoms with Crippen LogP contribution in [0.15, 0.2) is 24.3 Å². The quantitative estimate of drug-likeness (QED) is 0.897. The van der Waals surface area contributed by atoms with Crippen molar-refractivity contribution in [3.05, 3.63) is 35.4 Å². The first kappa shape index (κ1) is 17.5. The van der Waals surface area contributed by atoms with Gasteiger partial charge in [0.25, 0.3) is 5.91 Å². The van der Waals surface area contributed by atoms with Crippen molar-refractivity contribution in [2.24, 2.45) is 11.1 Å². The molecular weight excluding hydrogens is 281 g/mol. The van der Waals surface area contributed by atoms with Crippen molar-refractivity contribution in [2.45, 2.75) is 39.4 Å². The van der Waals surface area contributed by atoms with Crippen LogP contribution in [0.3, 0.4) is 0 Å². The highest BCUT2D eigenvalue weighted by Crippen LogP contribution is 2.31. The lowest BCUT2D eigenvalue weighted by atomic mass is 9.88. The second kappa shape index (κ2) is 6.47. The Hall–Kier alpha value is -1.56. The van der Waals surface area contributed by atoms with E-state index < -0.39 is 17.6 Å². The van der Waals surface area contributed by atoms with Crippen molar-refractivity contribution >= 4 is 5.91 Å². The Balaban J connectivity index is 2.73. The van der Waals surface area contributed by atoms with Crippen molar-refractivity contribution in [1.29, 1.82) is 0 Å². The average Bonchev–Trinajstić information content (AvgIpc) is 2.33. The van der Waals surface area contributed by atoms with E-state index in [1.807, 2.05) is 20.8 Å². The Morgan fingerprint density at radius 1 is 1.24 bits per heavy atom. The maximum Gasteiger partial charge on any atom is 0.417 e. The molecule has 1 aromatic rings. The van der Waals surface area contributed by atoms with Gasteiger partial charge in [0.15, 0.2) is 0 Å². The molecule has 0 heterocycles. The minimum Gasteiger partial charge on any atom is -0.350 e. The first-order chi connectivity index (χ1) is 9.50. The van der Waals surface area contributed by atoms with Crippen LogP contribution < -0.4 is 11.1 Å². The lowest BCUT2D eigenvalue weighted by Gasteiger charge is -2.23. The molecule has 0 saturated heterocycles.